The predicted octanol–water partition coefficient (Wildman–Crippen LogP) is 2.15. The number of anilines is 1. The van der Waals surface area contributed by atoms with E-state index in [1.807, 2.05) is 24.9 Å². The second-order valence-electron chi connectivity index (χ2n) is 3.61. The Bertz CT molecular complexity index is 504. The fourth-order valence-electron chi connectivity index (χ4n) is 1.41. The molecule has 2 heterocycles. The number of ether oxygens (including phenoxy) is 1. The lowest BCUT2D eigenvalue weighted by Crippen LogP contribution is -2.19. The van der Waals surface area contributed by atoms with Crippen LogP contribution in [0.3, 0.4) is 0 Å². The molecule has 0 aromatic carbocycles. The fraction of sp³-hybridized carbons (Fsp3) is 0.364. The summed E-state index contributed by atoms with van der Waals surface area (Å²) in [6.45, 7) is 2.94. The molecule has 0 aliphatic rings. The van der Waals surface area contributed by atoms with Gasteiger partial charge in [-0.15, -0.1) is 0 Å². The molecule has 0 aliphatic carbocycles. The first-order chi connectivity index (χ1) is 8.69. The standard InChI is InChI=1S/C11H13ClN4O2/c1-3-18-11-14-9(12)13-10(15-11)16(2)6-8-4-5-17-7-8/h4-5,7H,3,6H2,1-2H3. The van der Waals surface area contributed by atoms with E-state index < -0.39 is 0 Å². The van der Waals surface area contributed by atoms with E-state index in [1.54, 1.807) is 12.5 Å². The SMILES string of the molecule is CCOc1nc(Cl)nc(N(C)Cc2ccoc2)n1. The van der Waals surface area contributed by atoms with Crippen molar-refractivity contribution in [2.24, 2.45) is 0 Å². The van der Waals surface area contributed by atoms with Crippen molar-refractivity contribution in [3.8, 4) is 6.01 Å². The first-order valence-corrected chi connectivity index (χ1v) is 5.83. The van der Waals surface area contributed by atoms with E-state index in [-0.39, 0.29) is 11.3 Å². The Morgan fingerprint density at radius 3 is 2.89 bits per heavy atom. The van der Waals surface area contributed by atoms with Crippen LogP contribution in [0.25, 0.3) is 0 Å². The molecule has 2 aromatic heterocycles. The molecule has 96 valence electrons. The van der Waals surface area contributed by atoms with Crippen LogP contribution < -0.4 is 9.64 Å². The molecule has 18 heavy (non-hydrogen) atoms. The molecule has 2 aromatic rings. The zero-order valence-electron chi connectivity index (χ0n) is 10.1. The van der Waals surface area contributed by atoms with Gasteiger partial charge in [-0.3, -0.25) is 0 Å². The van der Waals surface area contributed by atoms with Gasteiger partial charge in [0.25, 0.3) is 0 Å². The van der Waals surface area contributed by atoms with Crippen molar-refractivity contribution in [2.75, 3.05) is 18.6 Å². The number of furan rings is 1. The average molecular weight is 269 g/mol. The molecule has 2 rings (SSSR count). The van der Waals surface area contributed by atoms with Crippen LogP contribution in [0, 0.1) is 0 Å². The summed E-state index contributed by atoms with van der Waals surface area (Å²) in [7, 11) is 1.86. The molecule has 0 fully saturated rings. The quantitative estimate of drug-likeness (QED) is 0.828. The van der Waals surface area contributed by atoms with Crippen LogP contribution in [-0.4, -0.2) is 28.6 Å². The van der Waals surface area contributed by atoms with Gasteiger partial charge in [0.2, 0.25) is 11.2 Å². The fourth-order valence-corrected chi connectivity index (χ4v) is 1.56. The van der Waals surface area contributed by atoms with Crippen molar-refractivity contribution in [1.29, 1.82) is 0 Å². The van der Waals surface area contributed by atoms with Crippen LogP contribution in [-0.2, 0) is 6.54 Å². The van der Waals surface area contributed by atoms with Gasteiger partial charge >= 0.3 is 6.01 Å². The number of hydrogen-bond donors (Lipinski definition) is 0. The van der Waals surface area contributed by atoms with Gasteiger partial charge in [-0.1, -0.05) is 0 Å². The van der Waals surface area contributed by atoms with Gasteiger partial charge in [-0.05, 0) is 24.6 Å². The summed E-state index contributed by atoms with van der Waals surface area (Å²) in [4.78, 5) is 13.9. The maximum atomic E-state index is 5.82. The summed E-state index contributed by atoms with van der Waals surface area (Å²) in [5.41, 5.74) is 1.02. The third-order valence-electron chi connectivity index (χ3n) is 2.19. The van der Waals surface area contributed by atoms with Gasteiger partial charge in [0, 0.05) is 19.2 Å². The Morgan fingerprint density at radius 2 is 2.22 bits per heavy atom. The number of aromatic nitrogens is 3. The van der Waals surface area contributed by atoms with Crippen LogP contribution in [0.15, 0.2) is 23.0 Å². The van der Waals surface area contributed by atoms with Gasteiger partial charge in [0.05, 0.1) is 19.1 Å². The van der Waals surface area contributed by atoms with Crippen molar-refractivity contribution >= 4 is 17.5 Å². The largest absolute Gasteiger partial charge is 0.472 e. The molecule has 0 spiro atoms. The number of nitrogens with zero attached hydrogens (tertiary/aromatic N) is 4. The molecule has 6 nitrogen and oxygen atoms in total. The first kappa shape index (κ1) is 12.6. The van der Waals surface area contributed by atoms with E-state index in [0.717, 1.165) is 5.56 Å². The second-order valence-corrected chi connectivity index (χ2v) is 3.95. The van der Waals surface area contributed by atoms with Crippen molar-refractivity contribution in [2.45, 2.75) is 13.5 Å². The Labute approximate surface area is 110 Å². The van der Waals surface area contributed by atoms with E-state index in [1.165, 1.54) is 0 Å². The normalized spacial score (nSPS) is 10.4. The van der Waals surface area contributed by atoms with E-state index in [4.69, 9.17) is 20.8 Å². The molecule has 7 heteroatoms. The Kier molecular flexibility index (Phi) is 3.99. The summed E-state index contributed by atoms with van der Waals surface area (Å²) in [5, 5.41) is 0.113. The van der Waals surface area contributed by atoms with E-state index in [2.05, 4.69) is 15.0 Å². The van der Waals surface area contributed by atoms with Gasteiger partial charge in [0.15, 0.2) is 0 Å². The molecule has 0 bridgehead atoms. The molecule has 0 amide bonds. The lowest BCUT2D eigenvalue weighted by molar-refractivity contribution is 0.311. The average Bonchev–Trinajstić information content (AvgIpc) is 2.81. The zero-order chi connectivity index (χ0) is 13.0. The Morgan fingerprint density at radius 1 is 1.39 bits per heavy atom. The third-order valence-corrected chi connectivity index (χ3v) is 2.36. The summed E-state index contributed by atoms with van der Waals surface area (Å²) >= 11 is 5.82. The van der Waals surface area contributed by atoms with Crippen molar-refractivity contribution in [3.63, 3.8) is 0 Å². The van der Waals surface area contributed by atoms with Crippen molar-refractivity contribution in [1.82, 2.24) is 15.0 Å². The molecular weight excluding hydrogens is 256 g/mol. The summed E-state index contributed by atoms with van der Waals surface area (Å²) in [6, 6.07) is 2.11. The molecule has 0 radical (unpaired) electrons. The van der Waals surface area contributed by atoms with Crippen LogP contribution in [0.5, 0.6) is 6.01 Å². The van der Waals surface area contributed by atoms with E-state index in [0.29, 0.717) is 19.1 Å². The highest BCUT2D eigenvalue weighted by Gasteiger charge is 2.10. The highest BCUT2D eigenvalue weighted by atomic mass is 35.5. The van der Waals surface area contributed by atoms with Gasteiger partial charge in [0.1, 0.15) is 0 Å². The van der Waals surface area contributed by atoms with Crippen LogP contribution in [0.1, 0.15) is 12.5 Å². The third kappa shape index (κ3) is 3.10. The summed E-state index contributed by atoms with van der Waals surface area (Å²) in [6.07, 6.45) is 3.29. The van der Waals surface area contributed by atoms with E-state index in [9.17, 15) is 0 Å². The Balaban J connectivity index is 2.16. The maximum absolute atomic E-state index is 5.82. The molecule has 0 N–H and O–H groups in total. The van der Waals surface area contributed by atoms with Crippen LogP contribution in [0.2, 0.25) is 5.28 Å². The maximum Gasteiger partial charge on any atom is 0.322 e. The molecule has 0 saturated carbocycles. The Hall–Kier alpha value is -1.82. The first-order valence-electron chi connectivity index (χ1n) is 5.45. The summed E-state index contributed by atoms with van der Waals surface area (Å²) in [5.74, 6) is 0.458. The van der Waals surface area contributed by atoms with Crippen molar-refractivity contribution < 1.29 is 9.15 Å². The number of hydrogen-bond acceptors (Lipinski definition) is 6. The number of rotatable bonds is 5. The van der Waals surface area contributed by atoms with Crippen LogP contribution >= 0.6 is 11.6 Å². The van der Waals surface area contributed by atoms with Crippen molar-refractivity contribution in [3.05, 3.63) is 29.4 Å². The molecule has 0 atom stereocenters. The smallest absolute Gasteiger partial charge is 0.322 e. The number of halogens is 1. The molecular formula is C11H13ClN4O2. The predicted molar refractivity (Wildman–Crippen MR) is 66.8 cm³/mol. The topological polar surface area (TPSA) is 64.3 Å². The lowest BCUT2D eigenvalue weighted by Gasteiger charge is -2.16. The lowest BCUT2D eigenvalue weighted by atomic mass is 10.3. The highest BCUT2D eigenvalue weighted by molar-refractivity contribution is 6.28. The minimum absolute atomic E-state index is 0.113. The second kappa shape index (κ2) is 5.68. The molecule has 0 saturated heterocycles. The van der Waals surface area contributed by atoms with Gasteiger partial charge in [-0.2, -0.15) is 15.0 Å². The highest BCUT2D eigenvalue weighted by Crippen LogP contribution is 2.16. The summed E-state index contributed by atoms with van der Waals surface area (Å²) < 4.78 is 10.2. The van der Waals surface area contributed by atoms with Crippen LogP contribution in [0.4, 0.5) is 5.95 Å². The minimum atomic E-state index is 0.113. The molecule has 0 unspecified atom stereocenters. The van der Waals surface area contributed by atoms with Gasteiger partial charge < -0.3 is 14.1 Å². The molecule has 0 aliphatic heterocycles. The van der Waals surface area contributed by atoms with Gasteiger partial charge in [-0.25, -0.2) is 0 Å². The van der Waals surface area contributed by atoms with E-state index >= 15 is 0 Å². The monoisotopic (exact) mass is 268 g/mol. The zero-order valence-corrected chi connectivity index (χ0v) is 10.9. The minimum Gasteiger partial charge on any atom is -0.472 e.